The van der Waals surface area contributed by atoms with Gasteiger partial charge in [-0.3, -0.25) is 5.10 Å². The lowest BCUT2D eigenvalue weighted by Gasteiger charge is -1.97. The lowest BCUT2D eigenvalue weighted by molar-refractivity contribution is 0.391. The number of rotatable bonds is 5. The second kappa shape index (κ2) is 5.57. The number of H-pyrrole nitrogens is 1. The van der Waals surface area contributed by atoms with Crippen molar-refractivity contribution in [2.75, 3.05) is 0 Å². The van der Waals surface area contributed by atoms with Gasteiger partial charge in [-0.1, -0.05) is 41.2 Å². The molecule has 1 saturated carbocycles. The number of aromatic amines is 1. The van der Waals surface area contributed by atoms with E-state index in [9.17, 15) is 0 Å². The number of thioether (sulfide) groups is 1. The molecule has 0 amide bonds. The maximum atomic E-state index is 5.31. The van der Waals surface area contributed by atoms with E-state index in [1.165, 1.54) is 24.6 Å². The average molecular weight is 313 g/mol. The zero-order valence-electron chi connectivity index (χ0n) is 12.1. The average Bonchev–Trinajstić information content (AvgIpc) is 3.09. The SMILES string of the molecule is Cc1ccccc1-c1noc(CSc2n[nH]c(C3CC3)n2)n1. The Labute approximate surface area is 131 Å². The van der Waals surface area contributed by atoms with Crippen molar-refractivity contribution >= 4 is 11.8 Å². The minimum Gasteiger partial charge on any atom is -0.338 e. The summed E-state index contributed by atoms with van der Waals surface area (Å²) in [5, 5.41) is 12.0. The Morgan fingerprint density at radius 3 is 2.95 bits per heavy atom. The second-order valence-electron chi connectivity index (χ2n) is 5.39. The van der Waals surface area contributed by atoms with Crippen LogP contribution in [0.4, 0.5) is 0 Å². The molecule has 0 unspecified atom stereocenters. The summed E-state index contributed by atoms with van der Waals surface area (Å²) in [5.41, 5.74) is 2.13. The largest absolute Gasteiger partial charge is 0.338 e. The van der Waals surface area contributed by atoms with E-state index < -0.39 is 0 Å². The van der Waals surface area contributed by atoms with Gasteiger partial charge in [-0.05, 0) is 25.3 Å². The fourth-order valence-corrected chi connectivity index (χ4v) is 2.88. The van der Waals surface area contributed by atoms with E-state index >= 15 is 0 Å². The molecule has 1 aromatic carbocycles. The molecule has 0 atom stereocenters. The van der Waals surface area contributed by atoms with Crippen LogP contribution in [0.2, 0.25) is 0 Å². The van der Waals surface area contributed by atoms with E-state index in [1.54, 1.807) is 0 Å². The molecule has 1 N–H and O–H groups in total. The Hall–Kier alpha value is -2.15. The molecule has 1 fully saturated rings. The molecule has 3 aromatic rings. The quantitative estimate of drug-likeness (QED) is 0.728. The fraction of sp³-hybridized carbons (Fsp3) is 0.333. The minimum atomic E-state index is 0.570. The van der Waals surface area contributed by atoms with Crippen LogP contribution in [0.25, 0.3) is 11.4 Å². The summed E-state index contributed by atoms with van der Waals surface area (Å²) in [6.07, 6.45) is 2.42. The first kappa shape index (κ1) is 13.5. The van der Waals surface area contributed by atoms with E-state index in [0.717, 1.165) is 22.1 Å². The number of nitrogens with one attached hydrogen (secondary N) is 1. The third kappa shape index (κ3) is 2.76. The zero-order chi connectivity index (χ0) is 14.9. The van der Waals surface area contributed by atoms with E-state index in [2.05, 4.69) is 25.3 Å². The standard InChI is InChI=1S/C15H15N5OS/c1-9-4-2-3-5-11(9)14-16-12(21-20-14)8-22-15-17-13(18-19-15)10-6-7-10/h2-5,10H,6-8H2,1H3,(H,17,18,19). The highest BCUT2D eigenvalue weighted by Crippen LogP contribution is 2.38. The number of hydrogen-bond acceptors (Lipinski definition) is 6. The maximum Gasteiger partial charge on any atom is 0.237 e. The fourth-order valence-electron chi connectivity index (χ4n) is 2.23. The highest BCUT2D eigenvalue weighted by atomic mass is 32.2. The smallest absolute Gasteiger partial charge is 0.237 e. The first-order valence-corrected chi connectivity index (χ1v) is 8.22. The molecule has 1 aliphatic rings. The Balaban J connectivity index is 1.44. The van der Waals surface area contributed by atoms with Crippen LogP contribution in [0.15, 0.2) is 33.9 Å². The van der Waals surface area contributed by atoms with Crippen LogP contribution in [-0.2, 0) is 5.75 Å². The van der Waals surface area contributed by atoms with Gasteiger partial charge in [0, 0.05) is 11.5 Å². The highest BCUT2D eigenvalue weighted by molar-refractivity contribution is 7.98. The van der Waals surface area contributed by atoms with Gasteiger partial charge < -0.3 is 4.52 Å². The lowest BCUT2D eigenvalue weighted by atomic mass is 10.1. The van der Waals surface area contributed by atoms with Crippen LogP contribution < -0.4 is 0 Å². The van der Waals surface area contributed by atoms with E-state index in [0.29, 0.717) is 23.4 Å². The predicted octanol–water partition coefficient (Wildman–Crippen LogP) is 3.33. The van der Waals surface area contributed by atoms with Gasteiger partial charge in [0.2, 0.25) is 16.9 Å². The van der Waals surface area contributed by atoms with E-state index in [-0.39, 0.29) is 0 Å². The number of hydrogen-bond donors (Lipinski definition) is 1. The summed E-state index contributed by atoms with van der Waals surface area (Å²) in [7, 11) is 0. The summed E-state index contributed by atoms with van der Waals surface area (Å²) in [4.78, 5) is 8.92. The van der Waals surface area contributed by atoms with Crippen molar-refractivity contribution < 1.29 is 4.52 Å². The molecular formula is C15H15N5OS. The molecule has 2 aromatic heterocycles. The molecular weight excluding hydrogens is 298 g/mol. The third-order valence-corrected chi connectivity index (χ3v) is 4.46. The van der Waals surface area contributed by atoms with Gasteiger partial charge in [0.25, 0.3) is 0 Å². The van der Waals surface area contributed by atoms with Gasteiger partial charge in [0.15, 0.2) is 0 Å². The van der Waals surface area contributed by atoms with Gasteiger partial charge >= 0.3 is 0 Å². The Morgan fingerprint density at radius 1 is 1.27 bits per heavy atom. The summed E-state index contributed by atoms with van der Waals surface area (Å²) >= 11 is 1.50. The molecule has 6 nitrogen and oxygen atoms in total. The molecule has 0 radical (unpaired) electrons. The first-order valence-electron chi connectivity index (χ1n) is 7.23. The lowest BCUT2D eigenvalue weighted by Crippen LogP contribution is -1.86. The van der Waals surface area contributed by atoms with Crippen molar-refractivity contribution in [2.45, 2.75) is 36.6 Å². The molecule has 1 aliphatic carbocycles. The summed E-state index contributed by atoms with van der Waals surface area (Å²) < 4.78 is 5.31. The van der Waals surface area contributed by atoms with Gasteiger partial charge in [-0.25, -0.2) is 4.98 Å². The van der Waals surface area contributed by atoms with Crippen LogP contribution in [0.3, 0.4) is 0 Å². The zero-order valence-corrected chi connectivity index (χ0v) is 12.9. The number of benzene rings is 1. The van der Waals surface area contributed by atoms with Crippen LogP contribution >= 0.6 is 11.8 Å². The normalized spacial score (nSPS) is 14.4. The monoisotopic (exact) mass is 313 g/mol. The van der Waals surface area contributed by atoms with E-state index in [4.69, 9.17) is 4.52 Å². The Bertz CT molecular complexity index is 793. The van der Waals surface area contributed by atoms with Gasteiger partial charge in [-0.2, -0.15) is 4.98 Å². The van der Waals surface area contributed by atoms with Crippen LogP contribution in [-0.4, -0.2) is 25.3 Å². The predicted molar refractivity (Wildman–Crippen MR) is 82.4 cm³/mol. The third-order valence-electron chi connectivity index (χ3n) is 3.63. The molecule has 0 bridgehead atoms. The summed E-state index contributed by atoms with van der Waals surface area (Å²) in [6.45, 7) is 2.03. The van der Waals surface area contributed by atoms with Crippen LogP contribution in [0.5, 0.6) is 0 Å². The molecule has 4 rings (SSSR count). The van der Waals surface area contributed by atoms with Gasteiger partial charge in [-0.15, -0.1) is 5.10 Å². The highest BCUT2D eigenvalue weighted by Gasteiger charge is 2.27. The van der Waals surface area contributed by atoms with Crippen molar-refractivity contribution in [3.8, 4) is 11.4 Å². The number of nitrogens with zero attached hydrogens (tertiary/aromatic N) is 4. The minimum absolute atomic E-state index is 0.570. The Morgan fingerprint density at radius 2 is 2.14 bits per heavy atom. The van der Waals surface area contributed by atoms with Crippen molar-refractivity contribution in [3.63, 3.8) is 0 Å². The van der Waals surface area contributed by atoms with Crippen molar-refractivity contribution in [2.24, 2.45) is 0 Å². The molecule has 112 valence electrons. The second-order valence-corrected chi connectivity index (χ2v) is 6.34. The molecule has 0 saturated heterocycles. The van der Waals surface area contributed by atoms with Crippen molar-refractivity contribution in [1.82, 2.24) is 25.3 Å². The Kier molecular flexibility index (Phi) is 3.42. The molecule has 0 aliphatic heterocycles. The van der Waals surface area contributed by atoms with Crippen molar-refractivity contribution in [3.05, 3.63) is 41.5 Å². The molecule has 7 heteroatoms. The topological polar surface area (TPSA) is 80.5 Å². The number of aromatic nitrogens is 5. The summed E-state index contributed by atoms with van der Waals surface area (Å²) in [6, 6.07) is 8.00. The van der Waals surface area contributed by atoms with E-state index in [1.807, 2.05) is 31.2 Å². The molecule has 0 spiro atoms. The summed E-state index contributed by atoms with van der Waals surface area (Å²) in [5.74, 6) is 3.36. The van der Waals surface area contributed by atoms with Gasteiger partial charge in [0.05, 0.1) is 5.75 Å². The molecule has 2 heterocycles. The van der Waals surface area contributed by atoms with Gasteiger partial charge in [0.1, 0.15) is 5.82 Å². The molecule has 22 heavy (non-hydrogen) atoms. The van der Waals surface area contributed by atoms with Crippen LogP contribution in [0, 0.1) is 6.92 Å². The number of aryl methyl sites for hydroxylation is 1. The van der Waals surface area contributed by atoms with Crippen molar-refractivity contribution in [1.29, 1.82) is 0 Å². The van der Waals surface area contributed by atoms with Crippen LogP contribution in [0.1, 0.15) is 36.0 Å². The maximum absolute atomic E-state index is 5.31. The first-order chi connectivity index (χ1) is 10.8.